The van der Waals surface area contributed by atoms with E-state index in [9.17, 15) is 14.4 Å². The van der Waals surface area contributed by atoms with Crippen LogP contribution in [0.4, 0.5) is 0 Å². The minimum atomic E-state index is -0.715. The Morgan fingerprint density at radius 2 is 1.64 bits per heavy atom. The molecule has 1 aliphatic rings. The minimum absolute atomic E-state index is 0.0268. The molecule has 7 heteroatoms. The van der Waals surface area contributed by atoms with E-state index >= 15 is 0 Å². The highest BCUT2D eigenvalue weighted by Gasteiger charge is 2.32. The third-order valence-corrected chi connectivity index (χ3v) is 6.39. The summed E-state index contributed by atoms with van der Waals surface area (Å²) in [6, 6.07) is -1.35. The molecule has 0 unspecified atom stereocenters. The SMILES string of the molecule is COC(=O)[C@@H](NC(=O)[C@@H](CCSC)NC(=O)C1CCC(C(C)C)CC1)C(C)C. The van der Waals surface area contributed by atoms with Gasteiger partial charge < -0.3 is 15.4 Å². The van der Waals surface area contributed by atoms with Crippen LogP contribution in [0.3, 0.4) is 0 Å². The zero-order chi connectivity index (χ0) is 21.3. The number of hydrogen-bond acceptors (Lipinski definition) is 5. The molecule has 0 aromatic carbocycles. The van der Waals surface area contributed by atoms with E-state index in [4.69, 9.17) is 4.74 Å². The smallest absolute Gasteiger partial charge is 0.328 e. The summed E-state index contributed by atoms with van der Waals surface area (Å²) in [6.45, 7) is 8.18. The van der Waals surface area contributed by atoms with Crippen molar-refractivity contribution < 1.29 is 19.1 Å². The predicted octanol–water partition coefficient (Wildman–Crippen LogP) is 3.00. The average Bonchev–Trinajstić information content (AvgIpc) is 2.67. The molecule has 0 aromatic heterocycles. The number of thioether (sulfide) groups is 1. The largest absolute Gasteiger partial charge is 0.467 e. The average molecular weight is 415 g/mol. The molecule has 0 heterocycles. The predicted molar refractivity (Wildman–Crippen MR) is 114 cm³/mol. The Balaban J connectivity index is 2.72. The van der Waals surface area contributed by atoms with Crippen LogP contribution in [0.2, 0.25) is 0 Å². The first kappa shape index (κ1) is 24.8. The van der Waals surface area contributed by atoms with Gasteiger partial charge in [-0.05, 0) is 61.9 Å². The second kappa shape index (κ2) is 12.3. The highest BCUT2D eigenvalue weighted by atomic mass is 32.2. The van der Waals surface area contributed by atoms with Crippen LogP contribution < -0.4 is 10.6 Å². The molecular formula is C21H38N2O4S. The van der Waals surface area contributed by atoms with Crippen molar-refractivity contribution in [1.29, 1.82) is 0 Å². The van der Waals surface area contributed by atoms with Gasteiger partial charge in [0, 0.05) is 5.92 Å². The Kier molecular flexibility index (Phi) is 10.9. The molecule has 0 aromatic rings. The minimum Gasteiger partial charge on any atom is -0.467 e. The lowest BCUT2D eigenvalue weighted by atomic mass is 9.76. The number of carbonyl (C=O) groups excluding carboxylic acids is 3. The third kappa shape index (κ3) is 7.64. The number of rotatable bonds is 10. The topological polar surface area (TPSA) is 84.5 Å². The molecule has 28 heavy (non-hydrogen) atoms. The molecule has 1 aliphatic carbocycles. The van der Waals surface area contributed by atoms with Gasteiger partial charge in [0.1, 0.15) is 12.1 Å². The lowest BCUT2D eigenvalue weighted by Gasteiger charge is -2.31. The summed E-state index contributed by atoms with van der Waals surface area (Å²) in [4.78, 5) is 37.5. The molecule has 2 atom stereocenters. The summed E-state index contributed by atoms with van der Waals surface area (Å²) < 4.78 is 4.80. The molecule has 1 rings (SSSR count). The van der Waals surface area contributed by atoms with Crippen molar-refractivity contribution in [3.05, 3.63) is 0 Å². The molecule has 0 bridgehead atoms. The van der Waals surface area contributed by atoms with Crippen LogP contribution in [0, 0.1) is 23.7 Å². The number of esters is 1. The van der Waals surface area contributed by atoms with E-state index < -0.39 is 18.1 Å². The summed E-state index contributed by atoms with van der Waals surface area (Å²) in [5, 5.41) is 5.72. The maximum Gasteiger partial charge on any atom is 0.328 e. The standard InChI is InChI=1S/C21H38N2O4S/c1-13(2)15-7-9-16(10-8-15)19(24)22-17(11-12-28-6)20(25)23-18(14(3)4)21(26)27-5/h13-18H,7-12H2,1-6H3,(H,22,24)(H,23,25)/t15?,16?,17-,18+/m1/s1. The monoisotopic (exact) mass is 414 g/mol. The van der Waals surface area contributed by atoms with E-state index in [2.05, 4.69) is 24.5 Å². The van der Waals surface area contributed by atoms with Crippen LogP contribution in [-0.2, 0) is 19.1 Å². The van der Waals surface area contributed by atoms with Crippen molar-refractivity contribution in [2.45, 2.75) is 71.9 Å². The summed E-state index contributed by atoms with van der Waals surface area (Å²) in [6.07, 6.45) is 6.39. The Morgan fingerprint density at radius 1 is 1.04 bits per heavy atom. The fourth-order valence-corrected chi connectivity index (χ4v) is 4.19. The van der Waals surface area contributed by atoms with E-state index in [1.165, 1.54) is 7.11 Å². The number of amides is 2. The van der Waals surface area contributed by atoms with Gasteiger partial charge in [0.25, 0.3) is 0 Å². The van der Waals surface area contributed by atoms with Gasteiger partial charge in [0.15, 0.2) is 0 Å². The van der Waals surface area contributed by atoms with E-state index in [0.717, 1.165) is 31.4 Å². The fraction of sp³-hybridized carbons (Fsp3) is 0.857. The van der Waals surface area contributed by atoms with Crippen molar-refractivity contribution in [2.75, 3.05) is 19.1 Å². The van der Waals surface area contributed by atoms with E-state index in [1.54, 1.807) is 11.8 Å². The second-order valence-electron chi connectivity index (χ2n) is 8.45. The Bertz CT molecular complexity index is 517. The van der Waals surface area contributed by atoms with Crippen LogP contribution in [0.25, 0.3) is 0 Å². The Labute approximate surface area is 174 Å². The van der Waals surface area contributed by atoms with Crippen molar-refractivity contribution in [1.82, 2.24) is 10.6 Å². The molecule has 2 N–H and O–H groups in total. The Morgan fingerprint density at radius 3 is 2.11 bits per heavy atom. The van der Waals surface area contributed by atoms with Gasteiger partial charge in [-0.15, -0.1) is 0 Å². The van der Waals surface area contributed by atoms with Gasteiger partial charge in [-0.1, -0.05) is 27.7 Å². The van der Waals surface area contributed by atoms with Crippen molar-refractivity contribution in [2.24, 2.45) is 23.7 Å². The van der Waals surface area contributed by atoms with Crippen molar-refractivity contribution in [3.63, 3.8) is 0 Å². The third-order valence-electron chi connectivity index (χ3n) is 5.75. The molecule has 0 radical (unpaired) electrons. The van der Waals surface area contributed by atoms with Gasteiger partial charge >= 0.3 is 5.97 Å². The van der Waals surface area contributed by atoms with Crippen LogP contribution in [-0.4, -0.2) is 49.0 Å². The van der Waals surface area contributed by atoms with Gasteiger partial charge in [-0.3, -0.25) is 9.59 Å². The number of hydrogen-bond donors (Lipinski definition) is 2. The van der Waals surface area contributed by atoms with Crippen LogP contribution >= 0.6 is 11.8 Å². The van der Waals surface area contributed by atoms with Crippen molar-refractivity contribution >= 4 is 29.5 Å². The van der Waals surface area contributed by atoms with Crippen LogP contribution in [0.15, 0.2) is 0 Å². The van der Waals surface area contributed by atoms with E-state index in [-0.39, 0.29) is 23.7 Å². The molecular weight excluding hydrogens is 376 g/mol. The molecule has 1 fully saturated rings. The maximum atomic E-state index is 12.8. The molecule has 162 valence electrons. The highest BCUT2D eigenvalue weighted by Crippen LogP contribution is 2.33. The van der Waals surface area contributed by atoms with Gasteiger partial charge in [0.05, 0.1) is 7.11 Å². The summed E-state index contributed by atoms with van der Waals surface area (Å²) in [5.74, 6) is 1.14. The molecule has 0 spiro atoms. The highest BCUT2D eigenvalue weighted by molar-refractivity contribution is 7.98. The van der Waals surface area contributed by atoms with E-state index in [1.807, 2.05) is 20.1 Å². The second-order valence-corrected chi connectivity index (χ2v) is 9.44. The summed E-state index contributed by atoms with van der Waals surface area (Å²) in [7, 11) is 1.31. The molecule has 0 aliphatic heterocycles. The lowest BCUT2D eigenvalue weighted by molar-refractivity contribution is -0.146. The first-order valence-electron chi connectivity index (χ1n) is 10.4. The number of carbonyl (C=O) groups is 3. The molecule has 2 amide bonds. The summed E-state index contributed by atoms with van der Waals surface area (Å²) in [5.41, 5.74) is 0. The number of ether oxygens (including phenoxy) is 1. The van der Waals surface area contributed by atoms with Crippen molar-refractivity contribution in [3.8, 4) is 0 Å². The summed E-state index contributed by atoms with van der Waals surface area (Å²) >= 11 is 1.63. The van der Waals surface area contributed by atoms with Gasteiger partial charge in [-0.2, -0.15) is 11.8 Å². The zero-order valence-corrected chi connectivity index (χ0v) is 19.1. The van der Waals surface area contributed by atoms with Gasteiger partial charge in [-0.25, -0.2) is 4.79 Å². The number of methoxy groups -OCH3 is 1. The normalized spacial score (nSPS) is 21.9. The van der Waals surface area contributed by atoms with Crippen LogP contribution in [0.1, 0.15) is 59.8 Å². The molecule has 1 saturated carbocycles. The van der Waals surface area contributed by atoms with Gasteiger partial charge in [0.2, 0.25) is 11.8 Å². The Hall–Kier alpha value is -1.24. The zero-order valence-electron chi connectivity index (χ0n) is 18.2. The van der Waals surface area contributed by atoms with E-state index in [0.29, 0.717) is 18.3 Å². The first-order chi connectivity index (χ1) is 13.2. The number of nitrogens with one attached hydrogen (secondary N) is 2. The fourth-order valence-electron chi connectivity index (χ4n) is 3.72. The quantitative estimate of drug-likeness (QED) is 0.537. The maximum absolute atomic E-state index is 12.8. The first-order valence-corrected chi connectivity index (χ1v) is 11.8. The molecule has 6 nitrogen and oxygen atoms in total. The lowest BCUT2D eigenvalue weighted by Crippen LogP contribution is -2.54. The van der Waals surface area contributed by atoms with Crippen LogP contribution in [0.5, 0.6) is 0 Å². The molecule has 0 saturated heterocycles.